The topological polar surface area (TPSA) is 98.5 Å². The van der Waals surface area contributed by atoms with Crippen LogP contribution in [0.25, 0.3) is 0 Å². The summed E-state index contributed by atoms with van der Waals surface area (Å²) in [4.78, 5) is 11.2. The maximum Gasteiger partial charge on any atom is 0.250 e. The van der Waals surface area contributed by atoms with Gasteiger partial charge in [-0.15, -0.1) is 0 Å². The second-order valence-corrected chi connectivity index (χ2v) is 6.46. The van der Waals surface area contributed by atoms with Crippen LogP contribution < -0.4 is 10.5 Å². The molecule has 1 aromatic rings. The average molecular weight is 320 g/mol. The van der Waals surface area contributed by atoms with Crippen molar-refractivity contribution in [3.63, 3.8) is 0 Å². The molecule has 1 aromatic carbocycles. The van der Waals surface area contributed by atoms with Crippen LogP contribution in [0.1, 0.15) is 23.2 Å². The summed E-state index contributed by atoms with van der Waals surface area (Å²) in [6.45, 7) is 0.484. The van der Waals surface area contributed by atoms with E-state index in [2.05, 4.69) is 0 Å². The van der Waals surface area contributed by atoms with E-state index in [0.29, 0.717) is 25.2 Å². The van der Waals surface area contributed by atoms with Gasteiger partial charge in [-0.05, 0) is 18.9 Å². The van der Waals surface area contributed by atoms with Crippen molar-refractivity contribution in [2.24, 2.45) is 5.73 Å². The molecule has 0 radical (unpaired) electrons. The zero-order valence-corrected chi connectivity index (χ0v) is 11.8. The number of anilines is 1. The highest BCUT2D eigenvalue weighted by atomic mass is 32.2. The van der Waals surface area contributed by atoms with Crippen LogP contribution in [-0.2, 0) is 14.8 Å². The fourth-order valence-electron chi connectivity index (χ4n) is 2.06. The SMILES string of the molecule is NC(=O)c1cc(F)c(F)cc1NS(=O)(=O)CC1CCCO1. The molecule has 1 heterocycles. The minimum absolute atomic E-state index is 0.329. The summed E-state index contributed by atoms with van der Waals surface area (Å²) in [5.41, 5.74) is 4.20. The number of halogens is 2. The van der Waals surface area contributed by atoms with Gasteiger partial charge in [0.15, 0.2) is 11.6 Å². The minimum atomic E-state index is -3.88. The van der Waals surface area contributed by atoms with E-state index >= 15 is 0 Å². The van der Waals surface area contributed by atoms with E-state index in [9.17, 15) is 22.0 Å². The van der Waals surface area contributed by atoms with Crippen molar-refractivity contribution in [1.82, 2.24) is 0 Å². The molecular weight excluding hydrogens is 306 g/mol. The van der Waals surface area contributed by atoms with Gasteiger partial charge in [-0.1, -0.05) is 0 Å². The Hall–Kier alpha value is -1.74. The molecule has 6 nitrogen and oxygen atoms in total. The number of hydrogen-bond donors (Lipinski definition) is 2. The smallest absolute Gasteiger partial charge is 0.250 e. The van der Waals surface area contributed by atoms with Crippen LogP contribution in [0.5, 0.6) is 0 Å². The number of carbonyl (C=O) groups excluding carboxylic acids is 1. The predicted octanol–water partition coefficient (Wildman–Crippen LogP) is 0.984. The lowest BCUT2D eigenvalue weighted by atomic mass is 10.1. The first kappa shape index (κ1) is 15.6. The maximum atomic E-state index is 13.2. The van der Waals surface area contributed by atoms with Crippen LogP contribution in [0, 0.1) is 11.6 Å². The Morgan fingerprint density at radius 1 is 1.38 bits per heavy atom. The summed E-state index contributed by atoms with van der Waals surface area (Å²) in [7, 11) is -3.88. The zero-order valence-electron chi connectivity index (χ0n) is 10.9. The Kier molecular flexibility index (Phi) is 4.43. The first-order valence-corrected chi connectivity index (χ1v) is 7.84. The van der Waals surface area contributed by atoms with Crippen LogP contribution >= 0.6 is 0 Å². The number of nitrogens with one attached hydrogen (secondary N) is 1. The molecule has 3 N–H and O–H groups in total. The summed E-state index contributed by atoms with van der Waals surface area (Å²) < 4.78 is 57.5. The van der Waals surface area contributed by atoms with Gasteiger partial charge in [0.25, 0.3) is 5.91 Å². The van der Waals surface area contributed by atoms with Crippen LogP contribution in [0.3, 0.4) is 0 Å². The van der Waals surface area contributed by atoms with Gasteiger partial charge in [-0.25, -0.2) is 17.2 Å². The number of primary amides is 1. The Labute approximate surface area is 120 Å². The lowest BCUT2D eigenvalue weighted by molar-refractivity contribution is 0.100. The van der Waals surface area contributed by atoms with E-state index in [1.165, 1.54) is 0 Å². The standard InChI is InChI=1S/C12H14F2N2O4S/c13-9-4-8(12(15)17)11(5-10(9)14)16-21(18,19)6-7-2-1-3-20-7/h4-5,7,16H,1-3,6H2,(H2,15,17). The number of amides is 1. The number of nitrogens with two attached hydrogens (primary N) is 1. The van der Waals surface area contributed by atoms with Crippen molar-refractivity contribution in [2.45, 2.75) is 18.9 Å². The summed E-state index contributed by atoms with van der Waals surface area (Å²) in [6, 6.07) is 1.14. The molecule has 1 atom stereocenters. The van der Waals surface area contributed by atoms with E-state index in [1.807, 2.05) is 4.72 Å². The molecule has 116 valence electrons. The second-order valence-electron chi connectivity index (χ2n) is 4.69. The van der Waals surface area contributed by atoms with Crippen LogP contribution in [-0.4, -0.2) is 32.8 Å². The maximum absolute atomic E-state index is 13.2. The Morgan fingerprint density at radius 2 is 2.05 bits per heavy atom. The molecule has 1 aliphatic rings. The van der Waals surface area contributed by atoms with Crippen LogP contribution in [0.4, 0.5) is 14.5 Å². The third kappa shape index (κ3) is 3.88. The van der Waals surface area contributed by atoms with Crippen LogP contribution in [0.2, 0.25) is 0 Å². The van der Waals surface area contributed by atoms with E-state index in [-0.39, 0.29) is 11.4 Å². The highest BCUT2D eigenvalue weighted by Gasteiger charge is 2.25. The van der Waals surface area contributed by atoms with E-state index in [1.54, 1.807) is 0 Å². The molecule has 0 bridgehead atoms. The predicted molar refractivity (Wildman–Crippen MR) is 71.3 cm³/mol. The van der Waals surface area contributed by atoms with Crippen LogP contribution in [0.15, 0.2) is 12.1 Å². The lowest BCUT2D eigenvalue weighted by Crippen LogP contribution is -2.27. The quantitative estimate of drug-likeness (QED) is 0.845. The number of sulfonamides is 1. The first-order chi connectivity index (χ1) is 9.78. The van der Waals surface area contributed by atoms with Gasteiger partial charge in [-0.3, -0.25) is 9.52 Å². The van der Waals surface area contributed by atoms with E-state index in [4.69, 9.17) is 10.5 Å². The monoisotopic (exact) mass is 320 g/mol. The number of benzene rings is 1. The van der Waals surface area contributed by atoms with Crippen molar-refractivity contribution in [3.05, 3.63) is 29.3 Å². The highest BCUT2D eigenvalue weighted by molar-refractivity contribution is 7.92. The van der Waals surface area contributed by atoms with Gasteiger partial charge in [0.05, 0.1) is 23.1 Å². The molecule has 1 amide bonds. The van der Waals surface area contributed by atoms with Gasteiger partial charge in [0.2, 0.25) is 10.0 Å². The highest BCUT2D eigenvalue weighted by Crippen LogP contribution is 2.22. The van der Waals surface area contributed by atoms with Gasteiger partial charge < -0.3 is 10.5 Å². The molecule has 0 saturated carbocycles. The van der Waals surface area contributed by atoms with Gasteiger partial charge in [-0.2, -0.15) is 0 Å². The van der Waals surface area contributed by atoms with E-state index < -0.39 is 39.2 Å². The molecule has 0 aromatic heterocycles. The molecule has 2 rings (SSSR count). The first-order valence-electron chi connectivity index (χ1n) is 6.19. The van der Waals surface area contributed by atoms with E-state index in [0.717, 1.165) is 6.42 Å². The van der Waals surface area contributed by atoms with Gasteiger partial charge in [0.1, 0.15) is 0 Å². The van der Waals surface area contributed by atoms with Crippen molar-refractivity contribution < 1.29 is 26.7 Å². The van der Waals surface area contributed by atoms with Crippen molar-refractivity contribution in [1.29, 1.82) is 0 Å². The molecule has 1 fully saturated rings. The Bertz CT molecular complexity index is 657. The molecule has 0 aliphatic carbocycles. The summed E-state index contributed by atoms with van der Waals surface area (Å²) in [6.07, 6.45) is 0.907. The molecule has 1 aliphatic heterocycles. The summed E-state index contributed by atoms with van der Waals surface area (Å²) >= 11 is 0. The van der Waals surface area contributed by atoms with Crippen molar-refractivity contribution >= 4 is 21.6 Å². The molecule has 1 saturated heterocycles. The summed E-state index contributed by atoms with van der Waals surface area (Å²) in [5.74, 6) is -3.96. The molecule has 0 spiro atoms. The lowest BCUT2D eigenvalue weighted by Gasteiger charge is -2.14. The zero-order chi connectivity index (χ0) is 15.6. The molecular formula is C12H14F2N2O4S. The van der Waals surface area contributed by atoms with Crippen molar-refractivity contribution in [3.8, 4) is 0 Å². The molecule has 1 unspecified atom stereocenters. The Morgan fingerprint density at radius 3 is 2.62 bits per heavy atom. The number of ether oxygens (including phenoxy) is 1. The third-order valence-corrected chi connectivity index (χ3v) is 4.36. The Balaban J connectivity index is 2.25. The second kappa shape index (κ2) is 5.94. The number of hydrogen-bond acceptors (Lipinski definition) is 4. The molecule has 9 heteroatoms. The minimum Gasteiger partial charge on any atom is -0.377 e. The summed E-state index contributed by atoms with van der Waals surface area (Å²) in [5, 5.41) is 0. The average Bonchev–Trinajstić information content (AvgIpc) is 2.84. The normalized spacial score (nSPS) is 18.7. The number of rotatable bonds is 5. The fourth-order valence-corrected chi connectivity index (χ4v) is 3.40. The fraction of sp³-hybridized carbons (Fsp3) is 0.417. The molecule has 21 heavy (non-hydrogen) atoms. The van der Waals surface area contributed by atoms with Crippen molar-refractivity contribution in [2.75, 3.05) is 17.1 Å². The third-order valence-electron chi connectivity index (χ3n) is 3.02. The largest absolute Gasteiger partial charge is 0.377 e. The van der Waals surface area contributed by atoms with Gasteiger partial charge >= 0.3 is 0 Å². The number of carbonyl (C=O) groups is 1. The van der Waals surface area contributed by atoms with Gasteiger partial charge in [0, 0.05) is 12.7 Å².